The predicted octanol–water partition coefficient (Wildman–Crippen LogP) is 0.536. The summed E-state index contributed by atoms with van der Waals surface area (Å²) in [5, 5.41) is 11.2. The van der Waals surface area contributed by atoms with Gasteiger partial charge in [0, 0.05) is 20.2 Å². The van der Waals surface area contributed by atoms with Gasteiger partial charge in [-0.15, -0.1) is 0 Å². The minimum absolute atomic E-state index is 0.0751. The van der Waals surface area contributed by atoms with Crippen LogP contribution in [0.3, 0.4) is 0 Å². The number of methoxy groups -OCH3 is 1. The predicted molar refractivity (Wildman–Crippen MR) is 77.2 cm³/mol. The number of sulfonamides is 1. The van der Waals surface area contributed by atoms with Crippen molar-refractivity contribution < 1.29 is 18.1 Å². The number of nitro groups is 1. The van der Waals surface area contributed by atoms with Gasteiger partial charge in [-0.25, -0.2) is 8.42 Å². The van der Waals surface area contributed by atoms with Crippen molar-refractivity contribution in [2.45, 2.75) is 17.9 Å². The van der Waals surface area contributed by atoms with Crippen molar-refractivity contribution in [3.05, 3.63) is 28.3 Å². The van der Waals surface area contributed by atoms with E-state index in [1.165, 1.54) is 32.4 Å². The van der Waals surface area contributed by atoms with Gasteiger partial charge in [-0.2, -0.15) is 4.31 Å². The van der Waals surface area contributed by atoms with E-state index in [1.54, 1.807) is 6.92 Å². The lowest BCUT2D eigenvalue weighted by Crippen LogP contribution is -2.38. The van der Waals surface area contributed by atoms with E-state index in [4.69, 9.17) is 10.6 Å². The number of nitrogens with zero attached hydrogens (tertiary/aromatic N) is 2. The van der Waals surface area contributed by atoms with E-state index in [0.29, 0.717) is 0 Å². The van der Waals surface area contributed by atoms with Gasteiger partial charge < -0.3 is 10.2 Å². The van der Waals surface area contributed by atoms with E-state index in [-0.39, 0.29) is 12.3 Å². The molecule has 3 N–H and O–H groups in total. The summed E-state index contributed by atoms with van der Waals surface area (Å²) in [4.78, 5) is 9.97. The van der Waals surface area contributed by atoms with Gasteiger partial charge in [-0.05, 0) is 19.1 Å². The van der Waals surface area contributed by atoms with Crippen molar-refractivity contribution in [2.75, 3.05) is 26.2 Å². The molecule has 1 aromatic carbocycles. The second-order valence-electron chi connectivity index (χ2n) is 4.38. The molecule has 0 bridgehead atoms. The zero-order valence-corrected chi connectivity index (χ0v) is 12.8. The number of nitro benzene ring substituents is 1. The number of ether oxygens (including phenoxy) is 1. The Hall–Kier alpha value is -1.75. The van der Waals surface area contributed by atoms with Crippen LogP contribution in [0.15, 0.2) is 23.1 Å². The highest BCUT2D eigenvalue weighted by Gasteiger charge is 2.33. The molecule has 1 rings (SSSR count). The molecule has 0 spiro atoms. The molecule has 1 aromatic rings. The molecule has 0 aliphatic carbocycles. The van der Waals surface area contributed by atoms with Crippen LogP contribution in [0.4, 0.5) is 11.4 Å². The van der Waals surface area contributed by atoms with Crippen LogP contribution in [0.2, 0.25) is 0 Å². The quantitative estimate of drug-likeness (QED) is 0.426. The Kier molecular flexibility index (Phi) is 5.61. The fraction of sp³-hybridized carbons (Fsp3) is 0.455. The van der Waals surface area contributed by atoms with Gasteiger partial charge in [0.25, 0.3) is 0 Å². The number of hydrogen-bond donors (Lipinski definition) is 2. The highest BCUT2D eigenvalue weighted by Crippen LogP contribution is 2.33. The summed E-state index contributed by atoms with van der Waals surface area (Å²) in [7, 11) is -1.27. The third-order valence-electron chi connectivity index (χ3n) is 3.02. The van der Waals surface area contributed by atoms with Gasteiger partial charge in [0.05, 0.1) is 11.5 Å². The number of nitrogens with two attached hydrogens (primary N) is 1. The van der Waals surface area contributed by atoms with Crippen molar-refractivity contribution in [3.63, 3.8) is 0 Å². The van der Waals surface area contributed by atoms with Gasteiger partial charge in [-0.1, -0.05) is 6.07 Å². The fourth-order valence-corrected chi connectivity index (χ4v) is 3.30. The fourth-order valence-electron chi connectivity index (χ4n) is 1.77. The largest absolute Gasteiger partial charge is 0.383 e. The molecule has 9 nitrogen and oxygen atoms in total. The zero-order chi connectivity index (χ0) is 16.2. The number of benzene rings is 1. The van der Waals surface area contributed by atoms with E-state index in [2.05, 4.69) is 5.43 Å². The number of nitrogen functional groups attached to an aromatic ring is 1. The lowest BCUT2D eigenvalue weighted by molar-refractivity contribution is -0.386. The monoisotopic (exact) mass is 318 g/mol. The molecule has 0 heterocycles. The molecule has 0 aliphatic rings. The van der Waals surface area contributed by atoms with Gasteiger partial charge in [-0.3, -0.25) is 16.0 Å². The van der Waals surface area contributed by atoms with Crippen LogP contribution in [-0.2, 0) is 14.8 Å². The lowest BCUT2D eigenvalue weighted by atomic mass is 10.3. The van der Waals surface area contributed by atoms with E-state index < -0.39 is 31.6 Å². The second kappa shape index (κ2) is 6.80. The SMILES string of the molecule is COCC(C)N(C)S(=O)(=O)c1cccc(NN)c1[N+](=O)[O-]. The number of para-hydroxylation sites is 1. The Labute approximate surface area is 122 Å². The number of hydrogen-bond acceptors (Lipinski definition) is 7. The first-order valence-corrected chi connectivity index (χ1v) is 7.42. The Morgan fingerprint density at radius 2 is 2.14 bits per heavy atom. The molecule has 118 valence electrons. The number of likely N-dealkylation sites (N-methyl/N-ethyl adjacent to an activating group) is 1. The Balaban J connectivity index is 3.41. The number of hydrazine groups is 1. The molecule has 10 heteroatoms. The van der Waals surface area contributed by atoms with Crippen molar-refractivity contribution >= 4 is 21.4 Å². The molecule has 0 amide bonds. The summed E-state index contributed by atoms with van der Waals surface area (Å²) in [6, 6.07) is 3.40. The number of nitrogens with one attached hydrogen (secondary N) is 1. The van der Waals surface area contributed by atoms with Crippen molar-refractivity contribution in [2.24, 2.45) is 5.84 Å². The van der Waals surface area contributed by atoms with Crippen LogP contribution in [0.25, 0.3) is 0 Å². The van der Waals surface area contributed by atoms with E-state index >= 15 is 0 Å². The molecule has 21 heavy (non-hydrogen) atoms. The molecule has 0 radical (unpaired) electrons. The van der Waals surface area contributed by atoms with Crippen LogP contribution in [0, 0.1) is 10.1 Å². The third kappa shape index (κ3) is 3.47. The van der Waals surface area contributed by atoms with Crippen LogP contribution in [0.5, 0.6) is 0 Å². The smallest absolute Gasteiger partial charge is 0.313 e. The Morgan fingerprint density at radius 3 is 2.62 bits per heavy atom. The molecule has 0 saturated heterocycles. The van der Waals surface area contributed by atoms with Crippen molar-refractivity contribution in [3.8, 4) is 0 Å². The Bertz CT molecular complexity index is 619. The zero-order valence-electron chi connectivity index (χ0n) is 11.9. The normalized spacial score (nSPS) is 13.2. The summed E-state index contributed by atoms with van der Waals surface area (Å²) in [5.41, 5.74) is 1.47. The van der Waals surface area contributed by atoms with Gasteiger partial charge in [0.2, 0.25) is 10.0 Å². The topological polar surface area (TPSA) is 128 Å². The van der Waals surface area contributed by atoms with E-state index in [1.807, 2.05) is 0 Å². The third-order valence-corrected chi connectivity index (χ3v) is 5.03. The minimum atomic E-state index is -4.05. The standard InChI is InChI=1S/C11H18N4O5S/c1-8(7-20-3)14(2)21(18,19)10-6-4-5-9(13-12)11(10)15(16)17/h4-6,8,13H,7,12H2,1-3H3. The Morgan fingerprint density at radius 1 is 1.52 bits per heavy atom. The molecule has 0 fully saturated rings. The molecular formula is C11H18N4O5S. The minimum Gasteiger partial charge on any atom is -0.383 e. The average Bonchev–Trinajstić information content (AvgIpc) is 2.45. The van der Waals surface area contributed by atoms with Crippen molar-refractivity contribution in [1.29, 1.82) is 0 Å². The highest BCUT2D eigenvalue weighted by atomic mass is 32.2. The summed E-state index contributed by atoms with van der Waals surface area (Å²) < 4.78 is 31.0. The first-order valence-electron chi connectivity index (χ1n) is 5.98. The summed E-state index contributed by atoms with van der Waals surface area (Å²) in [5.74, 6) is 5.20. The van der Waals surface area contributed by atoms with Crippen LogP contribution < -0.4 is 11.3 Å². The molecule has 0 aromatic heterocycles. The molecule has 0 saturated carbocycles. The summed E-state index contributed by atoms with van der Waals surface area (Å²) in [6.45, 7) is 1.80. The van der Waals surface area contributed by atoms with Crippen LogP contribution >= 0.6 is 0 Å². The summed E-state index contributed by atoms with van der Waals surface area (Å²) >= 11 is 0. The number of anilines is 1. The van der Waals surface area contributed by atoms with Gasteiger partial charge in [0.1, 0.15) is 5.69 Å². The van der Waals surface area contributed by atoms with Gasteiger partial charge >= 0.3 is 5.69 Å². The number of rotatable bonds is 7. The maximum Gasteiger partial charge on any atom is 0.313 e. The molecule has 1 unspecified atom stereocenters. The van der Waals surface area contributed by atoms with E-state index in [0.717, 1.165) is 4.31 Å². The van der Waals surface area contributed by atoms with Crippen LogP contribution in [-0.4, -0.2) is 44.5 Å². The lowest BCUT2D eigenvalue weighted by Gasteiger charge is -2.23. The van der Waals surface area contributed by atoms with Crippen LogP contribution in [0.1, 0.15) is 6.92 Å². The average molecular weight is 318 g/mol. The summed E-state index contributed by atoms with van der Waals surface area (Å²) in [6.07, 6.45) is 0. The maximum absolute atomic E-state index is 12.5. The first-order chi connectivity index (χ1) is 9.77. The second-order valence-corrected chi connectivity index (χ2v) is 6.35. The molecular weight excluding hydrogens is 300 g/mol. The maximum atomic E-state index is 12.5. The first kappa shape index (κ1) is 17.3. The molecule has 1 atom stereocenters. The van der Waals surface area contributed by atoms with Gasteiger partial charge in [0.15, 0.2) is 4.90 Å². The van der Waals surface area contributed by atoms with E-state index in [9.17, 15) is 18.5 Å². The van der Waals surface area contributed by atoms with Crippen molar-refractivity contribution in [1.82, 2.24) is 4.31 Å². The molecule has 0 aliphatic heterocycles. The highest BCUT2D eigenvalue weighted by molar-refractivity contribution is 7.89.